The fourth-order valence-corrected chi connectivity index (χ4v) is 3.58. The van der Waals surface area contributed by atoms with Gasteiger partial charge in [0.05, 0.1) is 25.6 Å². The van der Waals surface area contributed by atoms with Gasteiger partial charge in [0.25, 0.3) is 0 Å². The highest BCUT2D eigenvalue weighted by Gasteiger charge is 2.29. The molecular formula is C21H30ClN3O4. The van der Waals surface area contributed by atoms with E-state index in [1.54, 1.807) is 19.1 Å². The van der Waals surface area contributed by atoms with E-state index < -0.39 is 0 Å². The molecule has 1 saturated heterocycles. The number of halogens is 1. The molecule has 8 heteroatoms. The Labute approximate surface area is 177 Å². The number of hydrogen-bond acceptors (Lipinski definition) is 5. The van der Waals surface area contributed by atoms with Crippen LogP contribution >= 0.6 is 11.6 Å². The molecule has 1 aromatic rings. The molecule has 0 aliphatic carbocycles. The standard InChI is InChI=1S/C21H30ClN3O4/c1-4-25(13-19(26)23-18-11-17(22)9-8-15(18)3)20(27)14-24-10-6-7-16(12-24)21(28)29-5-2/h8-9,11,16H,4-7,10,12-14H2,1-3H3,(H,23,26)/t16-/m1/s1. The van der Waals surface area contributed by atoms with Crippen LogP contribution in [0.4, 0.5) is 5.69 Å². The summed E-state index contributed by atoms with van der Waals surface area (Å²) in [4.78, 5) is 40.6. The molecule has 0 saturated carbocycles. The average molecular weight is 424 g/mol. The summed E-state index contributed by atoms with van der Waals surface area (Å²) in [6.07, 6.45) is 1.62. The summed E-state index contributed by atoms with van der Waals surface area (Å²) in [5, 5.41) is 3.36. The van der Waals surface area contributed by atoms with Crippen LogP contribution in [0, 0.1) is 12.8 Å². The number of nitrogens with one attached hydrogen (secondary N) is 1. The zero-order valence-electron chi connectivity index (χ0n) is 17.4. The van der Waals surface area contributed by atoms with Gasteiger partial charge in [0.2, 0.25) is 11.8 Å². The number of hydrogen-bond donors (Lipinski definition) is 1. The lowest BCUT2D eigenvalue weighted by atomic mass is 9.98. The minimum atomic E-state index is -0.270. The maximum absolute atomic E-state index is 12.7. The van der Waals surface area contributed by atoms with Gasteiger partial charge in [-0.3, -0.25) is 19.3 Å². The number of likely N-dealkylation sites (tertiary alicyclic amines) is 1. The number of aryl methyl sites for hydroxylation is 1. The molecule has 0 radical (unpaired) electrons. The number of carbonyl (C=O) groups is 3. The molecule has 1 aromatic carbocycles. The van der Waals surface area contributed by atoms with Crippen LogP contribution in [0.5, 0.6) is 0 Å². The smallest absolute Gasteiger partial charge is 0.310 e. The third-order valence-electron chi connectivity index (χ3n) is 5.03. The predicted molar refractivity (Wildman–Crippen MR) is 113 cm³/mol. The molecule has 7 nitrogen and oxygen atoms in total. The van der Waals surface area contributed by atoms with Gasteiger partial charge in [0, 0.05) is 23.8 Å². The van der Waals surface area contributed by atoms with E-state index in [1.807, 2.05) is 24.8 Å². The molecule has 29 heavy (non-hydrogen) atoms. The molecule has 0 spiro atoms. The number of carbonyl (C=O) groups excluding carboxylic acids is 3. The minimum Gasteiger partial charge on any atom is -0.466 e. The summed E-state index contributed by atoms with van der Waals surface area (Å²) >= 11 is 5.99. The summed E-state index contributed by atoms with van der Waals surface area (Å²) in [6, 6.07) is 5.28. The van der Waals surface area contributed by atoms with Crippen molar-refractivity contribution in [2.45, 2.75) is 33.6 Å². The fourth-order valence-electron chi connectivity index (χ4n) is 3.41. The van der Waals surface area contributed by atoms with Gasteiger partial charge in [0.15, 0.2) is 0 Å². The largest absolute Gasteiger partial charge is 0.466 e. The first-order chi connectivity index (χ1) is 13.8. The zero-order valence-corrected chi connectivity index (χ0v) is 18.1. The number of benzene rings is 1. The third-order valence-corrected chi connectivity index (χ3v) is 5.26. The van der Waals surface area contributed by atoms with E-state index in [0.717, 1.165) is 24.9 Å². The fraction of sp³-hybridized carbons (Fsp3) is 0.571. The van der Waals surface area contributed by atoms with Crippen LogP contribution in [-0.4, -0.2) is 66.9 Å². The second kappa shape index (κ2) is 11.2. The number of nitrogens with zero attached hydrogens (tertiary/aromatic N) is 2. The van der Waals surface area contributed by atoms with Crippen LogP contribution in [0.15, 0.2) is 18.2 Å². The molecule has 2 rings (SSSR count). The first-order valence-electron chi connectivity index (χ1n) is 10.1. The van der Waals surface area contributed by atoms with E-state index in [1.165, 1.54) is 4.90 Å². The van der Waals surface area contributed by atoms with E-state index >= 15 is 0 Å². The Bertz CT molecular complexity index is 741. The van der Waals surface area contributed by atoms with E-state index in [4.69, 9.17) is 16.3 Å². The van der Waals surface area contributed by atoms with Crippen molar-refractivity contribution < 1.29 is 19.1 Å². The molecular weight excluding hydrogens is 394 g/mol. The lowest BCUT2D eigenvalue weighted by molar-refractivity contribution is -0.150. The van der Waals surface area contributed by atoms with Gasteiger partial charge in [-0.25, -0.2) is 0 Å². The Morgan fingerprint density at radius 1 is 1.31 bits per heavy atom. The summed E-state index contributed by atoms with van der Waals surface area (Å²) in [5.41, 5.74) is 1.54. The Balaban J connectivity index is 1.90. The molecule has 0 aromatic heterocycles. The van der Waals surface area contributed by atoms with Crippen LogP contribution in [0.1, 0.15) is 32.3 Å². The molecule has 0 unspecified atom stereocenters. The average Bonchev–Trinajstić information content (AvgIpc) is 2.69. The number of anilines is 1. The summed E-state index contributed by atoms with van der Waals surface area (Å²) in [5.74, 6) is -0.794. The van der Waals surface area contributed by atoms with Crippen molar-refractivity contribution in [2.24, 2.45) is 5.92 Å². The molecule has 1 atom stereocenters. The monoisotopic (exact) mass is 423 g/mol. The quantitative estimate of drug-likeness (QED) is 0.650. The molecule has 1 fully saturated rings. The highest BCUT2D eigenvalue weighted by molar-refractivity contribution is 6.31. The summed E-state index contributed by atoms with van der Waals surface area (Å²) < 4.78 is 5.11. The van der Waals surface area contributed by atoms with Gasteiger partial charge in [0.1, 0.15) is 0 Å². The number of piperidine rings is 1. The molecule has 1 heterocycles. The van der Waals surface area contributed by atoms with E-state index in [2.05, 4.69) is 5.32 Å². The molecule has 160 valence electrons. The zero-order chi connectivity index (χ0) is 21.4. The first kappa shape index (κ1) is 23.2. The maximum Gasteiger partial charge on any atom is 0.310 e. The van der Waals surface area contributed by atoms with Crippen LogP contribution in [0.3, 0.4) is 0 Å². The second-order valence-electron chi connectivity index (χ2n) is 7.24. The molecule has 1 N–H and O–H groups in total. The first-order valence-corrected chi connectivity index (χ1v) is 10.4. The van der Waals surface area contributed by atoms with Crippen LogP contribution < -0.4 is 5.32 Å². The highest BCUT2D eigenvalue weighted by Crippen LogP contribution is 2.20. The topological polar surface area (TPSA) is 79.0 Å². The molecule has 1 aliphatic heterocycles. The number of amides is 2. The summed E-state index contributed by atoms with van der Waals surface area (Å²) in [7, 11) is 0. The molecule has 0 bridgehead atoms. The number of likely N-dealkylation sites (N-methyl/N-ethyl adjacent to an activating group) is 1. The van der Waals surface area contributed by atoms with Crippen LogP contribution in [0.25, 0.3) is 0 Å². The van der Waals surface area contributed by atoms with Crippen molar-refractivity contribution >= 4 is 35.1 Å². The van der Waals surface area contributed by atoms with E-state index in [0.29, 0.717) is 30.4 Å². The van der Waals surface area contributed by atoms with Crippen molar-refractivity contribution in [3.8, 4) is 0 Å². The maximum atomic E-state index is 12.7. The second-order valence-corrected chi connectivity index (χ2v) is 7.68. The Hall–Kier alpha value is -2.12. The van der Waals surface area contributed by atoms with Gasteiger partial charge < -0.3 is 15.0 Å². The number of ether oxygens (including phenoxy) is 1. The van der Waals surface area contributed by atoms with Crippen molar-refractivity contribution in [3.63, 3.8) is 0 Å². The normalized spacial score (nSPS) is 16.9. The van der Waals surface area contributed by atoms with Gasteiger partial charge >= 0.3 is 5.97 Å². The van der Waals surface area contributed by atoms with Crippen molar-refractivity contribution in [3.05, 3.63) is 28.8 Å². The lowest BCUT2D eigenvalue weighted by Crippen LogP contribution is -2.47. The van der Waals surface area contributed by atoms with Gasteiger partial charge in [-0.1, -0.05) is 17.7 Å². The van der Waals surface area contributed by atoms with Crippen molar-refractivity contribution in [1.82, 2.24) is 9.80 Å². The number of rotatable bonds is 8. The lowest BCUT2D eigenvalue weighted by Gasteiger charge is -2.32. The van der Waals surface area contributed by atoms with Gasteiger partial charge in [-0.05, 0) is 57.9 Å². The van der Waals surface area contributed by atoms with Crippen LogP contribution in [0.2, 0.25) is 5.02 Å². The van der Waals surface area contributed by atoms with E-state index in [-0.39, 0.29) is 36.8 Å². The van der Waals surface area contributed by atoms with Crippen molar-refractivity contribution in [1.29, 1.82) is 0 Å². The third kappa shape index (κ3) is 7.01. The SMILES string of the molecule is CCOC(=O)[C@@H]1CCCN(CC(=O)N(CC)CC(=O)Nc2cc(Cl)ccc2C)C1. The predicted octanol–water partition coefficient (Wildman–Crippen LogP) is 2.71. The molecule has 2 amide bonds. The Kier molecular flexibility index (Phi) is 8.92. The number of esters is 1. The van der Waals surface area contributed by atoms with Gasteiger partial charge in [-0.2, -0.15) is 0 Å². The van der Waals surface area contributed by atoms with E-state index in [9.17, 15) is 14.4 Å². The minimum absolute atomic E-state index is 0.0313. The summed E-state index contributed by atoms with van der Waals surface area (Å²) in [6.45, 7) is 7.72. The molecule has 1 aliphatic rings. The van der Waals surface area contributed by atoms with Crippen LogP contribution in [-0.2, 0) is 19.1 Å². The highest BCUT2D eigenvalue weighted by atomic mass is 35.5. The van der Waals surface area contributed by atoms with Gasteiger partial charge in [-0.15, -0.1) is 0 Å². The Morgan fingerprint density at radius 2 is 2.07 bits per heavy atom. The van der Waals surface area contributed by atoms with Crippen molar-refractivity contribution in [2.75, 3.05) is 44.6 Å². The Morgan fingerprint density at radius 3 is 2.76 bits per heavy atom.